The number of amides is 2. The van der Waals surface area contributed by atoms with Crippen LogP contribution in [0.5, 0.6) is 0 Å². The van der Waals surface area contributed by atoms with E-state index in [9.17, 15) is 9.59 Å². The standard InChI is InChI=1S/C15H22N4O3/c1-3-12(19-8-4-7-16-19)13(20)18-9-5-15(6-10-18)11-17(2)14(21)22-15/h4,7-8,12H,3,5-6,9-11H2,1-2H3/t12-/m0/s1. The number of rotatable bonds is 3. The van der Waals surface area contributed by atoms with Crippen molar-refractivity contribution in [3.8, 4) is 0 Å². The van der Waals surface area contributed by atoms with Gasteiger partial charge in [-0.05, 0) is 12.5 Å². The van der Waals surface area contributed by atoms with Gasteiger partial charge in [-0.3, -0.25) is 9.48 Å². The van der Waals surface area contributed by atoms with Gasteiger partial charge in [-0.15, -0.1) is 0 Å². The largest absolute Gasteiger partial charge is 0.441 e. The Labute approximate surface area is 129 Å². The van der Waals surface area contributed by atoms with Crippen LogP contribution in [0.25, 0.3) is 0 Å². The van der Waals surface area contributed by atoms with Gasteiger partial charge in [0.1, 0.15) is 11.6 Å². The quantitative estimate of drug-likeness (QED) is 0.843. The van der Waals surface area contributed by atoms with E-state index in [1.54, 1.807) is 22.8 Å². The van der Waals surface area contributed by atoms with E-state index in [0.717, 1.165) is 0 Å². The summed E-state index contributed by atoms with van der Waals surface area (Å²) < 4.78 is 7.24. The number of hydrogen-bond acceptors (Lipinski definition) is 4. The Bertz CT molecular complexity index is 549. The van der Waals surface area contributed by atoms with Gasteiger partial charge in [-0.25, -0.2) is 4.79 Å². The molecule has 1 aromatic rings. The zero-order valence-electron chi connectivity index (χ0n) is 13.1. The second-order valence-electron chi connectivity index (χ2n) is 6.14. The third kappa shape index (κ3) is 2.55. The normalized spacial score (nSPS) is 22.0. The molecular weight excluding hydrogens is 284 g/mol. The van der Waals surface area contributed by atoms with Crippen molar-refractivity contribution < 1.29 is 14.3 Å². The molecular formula is C15H22N4O3. The third-order valence-electron chi connectivity index (χ3n) is 4.64. The molecule has 1 atom stereocenters. The molecule has 0 bridgehead atoms. The lowest BCUT2D eigenvalue weighted by Crippen LogP contribution is -2.50. The smallest absolute Gasteiger partial charge is 0.410 e. The summed E-state index contributed by atoms with van der Waals surface area (Å²) in [5, 5.41) is 4.19. The highest BCUT2D eigenvalue weighted by Crippen LogP contribution is 2.33. The van der Waals surface area contributed by atoms with Gasteiger partial charge in [0, 0.05) is 45.4 Å². The Morgan fingerprint density at radius 2 is 2.18 bits per heavy atom. The minimum absolute atomic E-state index is 0.0960. The van der Waals surface area contributed by atoms with E-state index in [0.29, 0.717) is 38.9 Å². The zero-order chi connectivity index (χ0) is 15.7. The fraction of sp³-hybridized carbons (Fsp3) is 0.667. The molecule has 2 aliphatic heterocycles. The van der Waals surface area contributed by atoms with Crippen LogP contribution < -0.4 is 0 Å². The molecule has 2 aliphatic rings. The number of hydrogen-bond donors (Lipinski definition) is 0. The van der Waals surface area contributed by atoms with Crippen LogP contribution in [-0.4, -0.2) is 63.9 Å². The fourth-order valence-electron chi connectivity index (χ4n) is 3.34. The summed E-state index contributed by atoms with van der Waals surface area (Å²) in [5.41, 5.74) is -0.407. The second-order valence-corrected chi connectivity index (χ2v) is 6.14. The molecule has 7 heteroatoms. The van der Waals surface area contributed by atoms with Crippen LogP contribution in [0.3, 0.4) is 0 Å². The Morgan fingerprint density at radius 1 is 1.45 bits per heavy atom. The first kappa shape index (κ1) is 14.9. The molecule has 2 fully saturated rings. The van der Waals surface area contributed by atoms with E-state index < -0.39 is 5.60 Å². The highest BCUT2D eigenvalue weighted by molar-refractivity contribution is 5.80. The van der Waals surface area contributed by atoms with Crippen LogP contribution in [-0.2, 0) is 9.53 Å². The van der Waals surface area contributed by atoms with Crippen molar-refractivity contribution in [2.24, 2.45) is 0 Å². The monoisotopic (exact) mass is 306 g/mol. The number of piperidine rings is 1. The molecule has 0 N–H and O–H groups in total. The number of ether oxygens (including phenoxy) is 1. The summed E-state index contributed by atoms with van der Waals surface area (Å²) in [6.45, 7) is 3.85. The van der Waals surface area contributed by atoms with E-state index >= 15 is 0 Å². The molecule has 1 spiro atoms. The van der Waals surface area contributed by atoms with Crippen molar-refractivity contribution in [3.05, 3.63) is 18.5 Å². The van der Waals surface area contributed by atoms with Crippen molar-refractivity contribution in [1.29, 1.82) is 0 Å². The Hall–Kier alpha value is -2.05. The summed E-state index contributed by atoms with van der Waals surface area (Å²) >= 11 is 0. The van der Waals surface area contributed by atoms with Gasteiger partial charge >= 0.3 is 6.09 Å². The highest BCUT2D eigenvalue weighted by atomic mass is 16.6. The van der Waals surface area contributed by atoms with Crippen LogP contribution in [0.2, 0.25) is 0 Å². The SMILES string of the molecule is CC[C@@H](C(=O)N1CCC2(CC1)CN(C)C(=O)O2)n1cccn1. The molecule has 0 unspecified atom stereocenters. The number of nitrogens with zero attached hydrogens (tertiary/aromatic N) is 4. The van der Waals surface area contributed by atoms with Gasteiger partial charge < -0.3 is 14.5 Å². The van der Waals surface area contributed by atoms with Crippen LogP contribution in [0, 0.1) is 0 Å². The number of likely N-dealkylation sites (N-methyl/N-ethyl adjacent to an activating group) is 1. The van der Waals surface area contributed by atoms with Gasteiger partial charge in [0.15, 0.2) is 0 Å². The minimum Gasteiger partial charge on any atom is -0.441 e. The molecule has 2 amide bonds. The maximum Gasteiger partial charge on any atom is 0.410 e. The molecule has 0 saturated carbocycles. The van der Waals surface area contributed by atoms with E-state index in [1.165, 1.54) is 0 Å². The fourth-order valence-corrected chi connectivity index (χ4v) is 3.34. The lowest BCUT2D eigenvalue weighted by molar-refractivity contribution is -0.138. The van der Waals surface area contributed by atoms with E-state index in [1.807, 2.05) is 24.1 Å². The van der Waals surface area contributed by atoms with Crippen LogP contribution >= 0.6 is 0 Å². The molecule has 3 rings (SSSR count). The third-order valence-corrected chi connectivity index (χ3v) is 4.64. The molecule has 0 radical (unpaired) electrons. The Kier molecular flexibility index (Phi) is 3.80. The lowest BCUT2D eigenvalue weighted by atomic mass is 9.91. The predicted octanol–water partition coefficient (Wildman–Crippen LogP) is 1.28. The Morgan fingerprint density at radius 3 is 2.68 bits per heavy atom. The molecule has 120 valence electrons. The summed E-state index contributed by atoms with van der Waals surface area (Å²) in [5.74, 6) is 0.0960. The highest BCUT2D eigenvalue weighted by Gasteiger charge is 2.46. The summed E-state index contributed by atoms with van der Waals surface area (Å²) in [6, 6.07) is 1.58. The van der Waals surface area contributed by atoms with Gasteiger partial charge in [-0.2, -0.15) is 5.10 Å². The maximum atomic E-state index is 12.7. The molecule has 0 aliphatic carbocycles. The average Bonchev–Trinajstić information content (AvgIpc) is 3.10. The van der Waals surface area contributed by atoms with Crippen molar-refractivity contribution in [2.45, 2.75) is 37.8 Å². The summed E-state index contributed by atoms with van der Waals surface area (Å²) in [6.07, 6.45) is 5.36. The summed E-state index contributed by atoms with van der Waals surface area (Å²) in [4.78, 5) is 27.8. The minimum atomic E-state index is -0.407. The van der Waals surface area contributed by atoms with Crippen LogP contribution in [0.1, 0.15) is 32.2 Å². The zero-order valence-corrected chi connectivity index (χ0v) is 13.1. The molecule has 0 aromatic carbocycles. The first-order chi connectivity index (χ1) is 10.5. The van der Waals surface area contributed by atoms with Crippen molar-refractivity contribution >= 4 is 12.0 Å². The lowest BCUT2D eigenvalue weighted by Gasteiger charge is -2.38. The molecule has 3 heterocycles. The average molecular weight is 306 g/mol. The van der Waals surface area contributed by atoms with Gasteiger partial charge in [0.25, 0.3) is 0 Å². The van der Waals surface area contributed by atoms with Crippen LogP contribution in [0.15, 0.2) is 18.5 Å². The molecule has 7 nitrogen and oxygen atoms in total. The van der Waals surface area contributed by atoms with Crippen molar-refractivity contribution in [3.63, 3.8) is 0 Å². The number of carbonyl (C=O) groups excluding carboxylic acids is 2. The van der Waals surface area contributed by atoms with Crippen molar-refractivity contribution in [2.75, 3.05) is 26.7 Å². The number of aromatic nitrogens is 2. The first-order valence-electron chi connectivity index (χ1n) is 7.77. The van der Waals surface area contributed by atoms with E-state index in [-0.39, 0.29) is 18.0 Å². The number of carbonyl (C=O) groups is 2. The van der Waals surface area contributed by atoms with E-state index in [2.05, 4.69) is 5.10 Å². The van der Waals surface area contributed by atoms with Gasteiger partial charge in [0.05, 0.1) is 6.54 Å². The Balaban J connectivity index is 1.64. The predicted molar refractivity (Wildman–Crippen MR) is 79.2 cm³/mol. The summed E-state index contributed by atoms with van der Waals surface area (Å²) in [7, 11) is 1.75. The van der Waals surface area contributed by atoms with E-state index in [4.69, 9.17) is 4.74 Å². The molecule has 22 heavy (non-hydrogen) atoms. The van der Waals surface area contributed by atoms with Gasteiger partial charge in [0.2, 0.25) is 5.91 Å². The second kappa shape index (κ2) is 5.62. The first-order valence-corrected chi connectivity index (χ1v) is 7.77. The van der Waals surface area contributed by atoms with Crippen molar-refractivity contribution in [1.82, 2.24) is 19.6 Å². The van der Waals surface area contributed by atoms with Crippen LogP contribution in [0.4, 0.5) is 4.79 Å². The number of likely N-dealkylation sites (tertiary alicyclic amines) is 1. The molecule has 1 aromatic heterocycles. The topological polar surface area (TPSA) is 67.7 Å². The maximum absolute atomic E-state index is 12.7. The van der Waals surface area contributed by atoms with Gasteiger partial charge in [-0.1, -0.05) is 6.92 Å². The molecule has 2 saturated heterocycles.